The van der Waals surface area contributed by atoms with Crippen molar-refractivity contribution in [1.82, 2.24) is 0 Å². The first-order valence-electron chi connectivity index (χ1n) is 6.21. The molecule has 1 rings (SSSR count). The van der Waals surface area contributed by atoms with E-state index in [1.165, 1.54) is 12.8 Å². The maximum absolute atomic E-state index is 10.5. The number of ether oxygens (including phenoxy) is 1. The van der Waals surface area contributed by atoms with Gasteiger partial charge in [0.1, 0.15) is 0 Å². The second-order valence-corrected chi connectivity index (χ2v) is 5.54. The van der Waals surface area contributed by atoms with Gasteiger partial charge in [-0.25, -0.2) is 0 Å². The van der Waals surface area contributed by atoms with Crippen molar-refractivity contribution < 1.29 is 9.84 Å². The summed E-state index contributed by atoms with van der Waals surface area (Å²) < 4.78 is 5.14. The Labute approximate surface area is 94.0 Å². The highest BCUT2D eigenvalue weighted by Gasteiger charge is 2.38. The summed E-state index contributed by atoms with van der Waals surface area (Å²) in [5, 5.41) is 10.5. The van der Waals surface area contributed by atoms with Crippen LogP contribution in [0.1, 0.15) is 46.5 Å². The van der Waals surface area contributed by atoms with Crippen LogP contribution in [0.5, 0.6) is 0 Å². The van der Waals surface area contributed by atoms with E-state index in [2.05, 4.69) is 20.8 Å². The van der Waals surface area contributed by atoms with Crippen LogP contribution < -0.4 is 0 Å². The first-order chi connectivity index (χ1) is 6.99. The summed E-state index contributed by atoms with van der Waals surface area (Å²) in [6, 6.07) is 0. The van der Waals surface area contributed by atoms with E-state index in [0.717, 1.165) is 24.7 Å². The summed E-state index contributed by atoms with van der Waals surface area (Å²) in [5.74, 6) is 1.82. The fourth-order valence-corrected chi connectivity index (χ4v) is 2.70. The lowest BCUT2D eigenvalue weighted by atomic mass is 9.70. The molecule has 1 aliphatic carbocycles. The van der Waals surface area contributed by atoms with Crippen LogP contribution in [-0.2, 0) is 4.74 Å². The molecule has 1 N–H and O–H groups in total. The second kappa shape index (κ2) is 5.31. The molecule has 0 aliphatic heterocycles. The molecule has 2 nitrogen and oxygen atoms in total. The van der Waals surface area contributed by atoms with Crippen LogP contribution in [0.3, 0.4) is 0 Å². The summed E-state index contributed by atoms with van der Waals surface area (Å²) in [5.41, 5.74) is -0.471. The summed E-state index contributed by atoms with van der Waals surface area (Å²) in [6.45, 7) is 7.34. The van der Waals surface area contributed by atoms with Crippen molar-refractivity contribution in [2.75, 3.05) is 13.7 Å². The standard InChI is InChI=1S/C13H26O2/c1-10(2)12-5-7-13(14,8-6-12)11(3)9-15-4/h10-12,14H,5-9H2,1-4H3. The van der Waals surface area contributed by atoms with Gasteiger partial charge in [0, 0.05) is 13.0 Å². The van der Waals surface area contributed by atoms with E-state index < -0.39 is 5.60 Å². The summed E-state index contributed by atoms with van der Waals surface area (Å²) in [6.07, 6.45) is 4.23. The molecule has 90 valence electrons. The van der Waals surface area contributed by atoms with Crippen molar-refractivity contribution in [2.24, 2.45) is 17.8 Å². The van der Waals surface area contributed by atoms with E-state index in [4.69, 9.17) is 4.74 Å². The third-order valence-electron chi connectivity index (χ3n) is 4.17. The van der Waals surface area contributed by atoms with Gasteiger partial charge in [-0.2, -0.15) is 0 Å². The predicted molar refractivity (Wildman–Crippen MR) is 62.8 cm³/mol. The first kappa shape index (κ1) is 13.0. The van der Waals surface area contributed by atoms with Gasteiger partial charge in [-0.3, -0.25) is 0 Å². The highest BCUT2D eigenvalue weighted by Crippen LogP contribution is 2.39. The van der Waals surface area contributed by atoms with Crippen LogP contribution in [0.2, 0.25) is 0 Å². The molecule has 0 bridgehead atoms. The Hall–Kier alpha value is -0.0800. The van der Waals surface area contributed by atoms with Gasteiger partial charge in [0.05, 0.1) is 12.2 Å². The molecule has 15 heavy (non-hydrogen) atoms. The zero-order chi connectivity index (χ0) is 11.5. The Kier molecular flexibility index (Phi) is 4.60. The normalized spacial score (nSPS) is 34.4. The molecule has 0 aromatic rings. The van der Waals surface area contributed by atoms with E-state index in [1.54, 1.807) is 7.11 Å². The van der Waals surface area contributed by atoms with Crippen molar-refractivity contribution in [2.45, 2.75) is 52.1 Å². The van der Waals surface area contributed by atoms with Crippen LogP contribution in [0.4, 0.5) is 0 Å². The fraction of sp³-hybridized carbons (Fsp3) is 1.00. The molecule has 1 unspecified atom stereocenters. The van der Waals surface area contributed by atoms with Crippen LogP contribution in [0.25, 0.3) is 0 Å². The van der Waals surface area contributed by atoms with Gasteiger partial charge in [0.2, 0.25) is 0 Å². The molecule has 1 fully saturated rings. The van der Waals surface area contributed by atoms with Crippen molar-refractivity contribution >= 4 is 0 Å². The highest BCUT2D eigenvalue weighted by atomic mass is 16.5. The van der Waals surface area contributed by atoms with Crippen LogP contribution in [-0.4, -0.2) is 24.4 Å². The molecule has 0 saturated heterocycles. The number of hydrogen-bond donors (Lipinski definition) is 1. The van der Waals surface area contributed by atoms with E-state index in [9.17, 15) is 5.11 Å². The van der Waals surface area contributed by atoms with Crippen LogP contribution in [0, 0.1) is 17.8 Å². The van der Waals surface area contributed by atoms with Crippen LogP contribution in [0.15, 0.2) is 0 Å². The second-order valence-electron chi connectivity index (χ2n) is 5.54. The van der Waals surface area contributed by atoms with Gasteiger partial charge in [-0.1, -0.05) is 20.8 Å². The quantitative estimate of drug-likeness (QED) is 0.779. The van der Waals surface area contributed by atoms with E-state index >= 15 is 0 Å². The minimum Gasteiger partial charge on any atom is -0.390 e. The van der Waals surface area contributed by atoms with E-state index in [-0.39, 0.29) is 5.92 Å². The molecule has 1 saturated carbocycles. The average Bonchev–Trinajstić information content (AvgIpc) is 2.18. The molecule has 2 heteroatoms. The third kappa shape index (κ3) is 3.18. The minimum absolute atomic E-state index is 0.260. The summed E-state index contributed by atoms with van der Waals surface area (Å²) in [4.78, 5) is 0. The molecule has 0 amide bonds. The Balaban J connectivity index is 2.46. The molecular formula is C13H26O2. The zero-order valence-electron chi connectivity index (χ0n) is 10.6. The zero-order valence-corrected chi connectivity index (χ0v) is 10.6. The van der Waals surface area contributed by atoms with Crippen LogP contribution >= 0.6 is 0 Å². The fourth-order valence-electron chi connectivity index (χ4n) is 2.70. The third-order valence-corrected chi connectivity index (χ3v) is 4.17. The van der Waals surface area contributed by atoms with Gasteiger partial charge in [0.25, 0.3) is 0 Å². The Morgan fingerprint density at radius 2 is 1.80 bits per heavy atom. The molecule has 0 aromatic heterocycles. The van der Waals surface area contributed by atoms with Gasteiger partial charge in [0.15, 0.2) is 0 Å². The van der Waals surface area contributed by atoms with Crippen molar-refractivity contribution in [3.8, 4) is 0 Å². The molecule has 0 spiro atoms. The first-order valence-corrected chi connectivity index (χ1v) is 6.21. The SMILES string of the molecule is COCC(C)C1(O)CCC(C(C)C)CC1. The molecule has 0 heterocycles. The average molecular weight is 214 g/mol. The highest BCUT2D eigenvalue weighted by molar-refractivity contribution is 4.90. The number of rotatable bonds is 4. The maximum atomic E-state index is 10.5. The summed E-state index contributed by atoms with van der Waals surface area (Å²) in [7, 11) is 1.71. The predicted octanol–water partition coefficient (Wildman–Crippen LogP) is 2.85. The van der Waals surface area contributed by atoms with E-state index in [1.807, 2.05) is 0 Å². The smallest absolute Gasteiger partial charge is 0.0695 e. The molecular weight excluding hydrogens is 188 g/mol. The lowest BCUT2D eigenvalue weighted by Gasteiger charge is -2.41. The van der Waals surface area contributed by atoms with Crippen molar-refractivity contribution in [1.29, 1.82) is 0 Å². The summed E-state index contributed by atoms with van der Waals surface area (Å²) >= 11 is 0. The monoisotopic (exact) mass is 214 g/mol. The van der Waals surface area contributed by atoms with Crippen molar-refractivity contribution in [3.05, 3.63) is 0 Å². The topological polar surface area (TPSA) is 29.5 Å². The van der Waals surface area contributed by atoms with Gasteiger partial charge < -0.3 is 9.84 Å². The van der Waals surface area contributed by atoms with Gasteiger partial charge in [-0.15, -0.1) is 0 Å². The number of hydrogen-bond acceptors (Lipinski definition) is 2. The van der Waals surface area contributed by atoms with Gasteiger partial charge >= 0.3 is 0 Å². The van der Waals surface area contributed by atoms with E-state index in [0.29, 0.717) is 6.61 Å². The van der Waals surface area contributed by atoms with Gasteiger partial charge in [-0.05, 0) is 37.5 Å². The molecule has 1 aliphatic rings. The van der Waals surface area contributed by atoms with Crippen molar-refractivity contribution in [3.63, 3.8) is 0 Å². The molecule has 1 atom stereocenters. The maximum Gasteiger partial charge on any atom is 0.0695 e. The Morgan fingerprint density at radius 1 is 1.27 bits per heavy atom. The lowest BCUT2D eigenvalue weighted by molar-refractivity contribution is -0.0770. The molecule has 0 aromatic carbocycles. The Bertz CT molecular complexity index is 181. The largest absolute Gasteiger partial charge is 0.390 e. The molecule has 0 radical (unpaired) electrons. The number of aliphatic hydroxyl groups is 1. The Morgan fingerprint density at radius 3 is 2.20 bits per heavy atom. The number of methoxy groups -OCH3 is 1. The lowest BCUT2D eigenvalue weighted by Crippen LogP contribution is -2.42. The minimum atomic E-state index is -0.471.